The van der Waals surface area contributed by atoms with Crippen molar-refractivity contribution in [2.45, 2.75) is 66.5 Å². The summed E-state index contributed by atoms with van der Waals surface area (Å²) in [5, 5.41) is 0. The Labute approximate surface area is 220 Å². The van der Waals surface area contributed by atoms with Crippen molar-refractivity contribution in [2.24, 2.45) is 9.98 Å². The molecule has 0 fully saturated rings. The second-order valence-corrected chi connectivity index (χ2v) is 13.2. The maximum atomic E-state index is 5.89. The van der Waals surface area contributed by atoms with Gasteiger partial charge < -0.3 is 26.6 Å². The molecule has 207 valence electrons. The van der Waals surface area contributed by atoms with Gasteiger partial charge in [0, 0.05) is 83.0 Å². The zero-order chi connectivity index (χ0) is 26.5. The van der Waals surface area contributed by atoms with E-state index in [9.17, 15) is 0 Å². The highest BCUT2D eigenvalue weighted by Gasteiger charge is 2.39. The summed E-state index contributed by atoms with van der Waals surface area (Å²) >= 11 is 0. The third-order valence-electron chi connectivity index (χ3n) is 5.00. The van der Waals surface area contributed by atoms with Crippen LogP contribution in [0.4, 0.5) is 0 Å². The molecule has 1 aromatic heterocycles. The largest absolute Gasteiger partial charge is 0.525 e. The van der Waals surface area contributed by atoms with Crippen molar-refractivity contribution in [1.82, 2.24) is 4.98 Å². The molecule has 0 saturated carbocycles. The van der Waals surface area contributed by atoms with Crippen molar-refractivity contribution < 1.29 is 26.6 Å². The van der Waals surface area contributed by atoms with Gasteiger partial charge in [0.2, 0.25) is 0 Å². The van der Waals surface area contributed by atoms with E-state index in [2.05, 4.69) is 15.0 Å². The highest BCUT2D eigenvalue weighted by atomic mass is 28.4. The Morgan fingerprint density at radius 2 is 1.31 bits per heavy atom. The molecule has 0 amide bonds. The molecular weight excluding hydrogens is 494 g/mol. The van der Waals surface area contributed by atoms with E-state index in [0.29, 0.717) is 52.7 Å². The SMILES string of the molecule is CCO[Si](CCCN=Cc1ccc(C=NCCC[Si-](OCC)(OCC)OCC)nc1)(OCC)OCC. The molecule has 1 aromatic rings. The lowest BCUT2D eigenvalue weighted by Crippen LogP contribution is -2.46. The van der Waals surface area contributed by atoms with Gasteiger partial charge in [-0.05, 0) is 60.1 Å². The molecule has 0 N–H and O–H groups in total. The van der Waals surface area contributed by atoms with Crippen LogP contribution in [0.25, 0.3) is 0 Å². The number of rotatable bonds is 22. The summed E-state index contributed by atoms with van der Waals surface area (Å²) in [5.74, 6) is 0. The molecule has 1 heterocycles. The summed E-state index contributed by atoms with van der Waals surface area (Å²) < 4.78 is 35.3. The fourth-order valence-electron chi connectivity index (χ4n) is 3.67. The number of pyridine rings is 1. The van der Waals surface area contributed by atoms with Crippen LogP contribution in [-0.2, 0) is 26.6 Å². The third-order valence-corrected chi connectivity index (χ3v) is 11.3. The number of hydrogen-bond acceptors (Lipinski definition) is 9. The van der Waals surface area contributed by atoms with Gasteiger partial charge in [-0.1, -0.05) is 12.5 Å². The van der Waals surface area contributed by atoms with E-state index in [0.717, 1.165) is 36.2 Å². The van der Waals surface area contributed by atoms with E-state index in [1.165, 1.54) is 0 Å². The lowest BCUT2D eigenvalue weighted by molar-refractivity contribution is 0.0702. The van der Waals surface area contributed by atoms with Gasteiger partial charge in [0.15, 0.2) is 0 Å². The van der Waals surface area contributed by atoms with Gasteiger partial charge in [-0.2, -0.15) is 0 Å². The fourth-order valence-corrected chi connectivity index (χ4v) is 8.86. The molecule has 1 rings (SSSR count). The molecule has 0 aliphatic rings. The molecular formula is C25H47N3O6Si2-. The molecule has 0 aromatic carbocycles. The summed E-state index contributed by atoms with van der Waals surface area (Å²) in [6, 6.07) is 5.46. The molecule has 9 nitrogen and oxygen atoms in total. The van der Waals surface area contributed by atoms with E-state index < -0.39 is 17.6 Å². The maximum absolute atomic E-state index is 5.89. The minimum atomic E-state index is -2.60. The molecule has 11 heteroatoms. The van der Waals surface area contributed by atoms with Crippen molar-refractivity contribution >= 4 is 30.0 Å². The monoisotopic (exact) mass is 541 g/mol. The van der Waals surface area contributed by atoms with Gasteiger partial charge in [0.05, 0.1) is 5.69 Å². The van der Waals surface area contributed by atoms with Gasteiger partial charge in [-0.3, -0.25) is 15.0 Å². The lowest BCUT2D eigenvalue weighted by Gasteiger charge is -2.42. The molecule has 0 aliphatic heterocycles. The van der Waals surface area contributed by atoms with Crippen LogP contribution in [-0.4, -0.2) is 87.8 Å². The van der Waals surface area contributed by atoms with Gasteiger partial charge in [0.1, 0.15) is 0 Å². The number of aromatic nitrogens is 1. The van der Waals surface area contributed by atoms with E-state index in [1.807, 2.05) is 66.1 Å². The predicted molar refractivity (Wildman–Crippen MR) is 149 cm³/mol. The number of hydrogen-bond donors (Lipinski definition) is 0. The Kier molecular flexibility index (Phi) is 17.9. The van der Waals surface area contributed by atoms with E-state index in [1.54, 1.807) is 6.21 Å². The Bertz CT molecular complexity index is 642. The van der Waals surface area contributed by atoms with Crippen molar-refractivity contribution in [3.05, 3.63) is 29.6 Å². The van der Waals surface area contributed by atoms with Gasteiger partial charge in [-0.25, -0.2) is 0 Å². The normalized spacial score (nSPS) is 12.8. The minimum Gasteiger partial charge on any atom is -0.525 e. The summed E-state index contributed by atoms with van der Waals surface area (Å²) in [5.41, 5.74) is 1.77. The van der Waals surface area contributed by atoms with Crippen LogP contribution in [0, 0.1) is 0 Å². The number of aliphatic imine (C=N–C) groups is 2. The van der Waals surface area contributed by atoms with Crippen LogP contribution in [0.5, 0.6) is 0 Å². The first-order valence-electron chi connectivity index (χ1n) is 13.3. The average Bonchev–Trinajstić information content (AvgIpc) is 2.85. The predicted octanol–water partition coefficient (Wildman–Crippen LogP) is 4.80. The van der Waals surface area contributed by atoms with Gasteiger partial charge in [0.25, 0.3) is 8.80 Å². The molecule has 0 unspecified atom stereocenters. The molecule has 0 atom stereocenters. The summed E-state index contributed by atoms with van der Waals surface area (Å²) in [7, 11) is -5.19. The first kappa shape index (κ1) is 32.7. The van der Waals surface area contributed by atoms with Crippen LogP contribution in [0.3, 0.4) is 0 Å². The quantitative estimate of drug-likeness (QED) is 0.118. The van der Waals surface area contributed by atoms with Crippen molar-refractivity contribution in [3.63, 3.8) is 0 Å². The zero-order valence-corrected chi connectivity index (χ0v) is 25.2. The first-order valence-corrected chi connectivity index (χ1v) is 17.2. The second-order valence-electron chi connectivity index (χ2n) is 7.76. The highest BCUT2D eigenvalue weighted by Crippen LogP contribution is 2.19. The molecule has 0 saturated heterocycles. The average molecular weight is 542 g/mol. The fraction of sp³-hybridized carbons (Fsp3) is 0.720. The van der Waals surface area contributed by atoms with Crippen LogP contribution in [0.15, 0.2) is 28.3 Å². The third kappa shape index (κ3) is 12.8. The number of nitrogens with zero attached hydrogens (tertiary/aromatic N) is 3. The Hall–Kier alpha value is -1.32. The van der Waals surface area contributed by atoms with E-state index in [4.69, 9.17) is 26.6 Å². The second kappa shape index (κ2) is 19.7. The van der Waals surface area contributed by atoms with Crippen molar-refractivity contribution in [2.75, 3.05) is 52.7 Å². The van der Waals surface area contributed by atoms with Crippen molar-refractivity contribution in [1.29, 1.82) is 0 Å². The smallest absolute Gasteiger partial charge is 0.500 e. The summed E-state index contributed by atoms with van der Waals surface area (Å²) in [6.45, 7) is 16.7. The van der Waals surface area contributed by atoms with Crippen LogP contribution >= 0.6 is 0 Å². The van der Waals surface area contributed by atoms with Crippen LogP contribution < -0.4 is 0 Å². The van der Waals surface area contributed by atoms with Crippen LogP contribution in [0.2, 0.25) is 12.1 Å². The van der Waals surface area contributed by atoms with E-state index >= 15 is 0 Å². The lowest BCUT2D eigenvalue weighted by atomic mass is 10.3. The Morgan fingerprint density at radius 3 is 1.81 bits per heavy atom. The topological polar surface area (TPSA) is 93.0 Å². The van der Waals surface area contributed by atoms with Gasteiger partial charge in [-0.15, -0.1) is 0 Å². The summed E-state index contributed by atoms with van der Waals surface area (Å²) in [6.07, 6.45) is 7.14. The van der Waals surface area contributed by atoms with Crippen molar-refractivity contribution in [3.8, 4) is 0 Å². The summed E-state index contributed by atoms with van der Waals surface area (Å²) in [4.78, 5) is 13.5. The molecule has 0 spiro atoms. The maximum Gasteiger partial charge on any atom is 0.500 e. The Morgan fingerprint density at radius 1 is 0.750 bits per heavy atom. The van der Waals surface area contributed by atoms with Crippen LogP contribution in [0.1, 0.15) is 65.6 Å². The Balaban J connectivity index is 2.49. The molecule has 0 bridgehead atoms. The molecule has 0 aliphatic carbocycles. The minimum absolute atomic E-state index is 0.589. The highest BCUT2D eigenvalue weighted by molar-refractivity contribution is 6.61. The van der Waals surface area contributed by atoms with Gasteiger partial charge >= 0.3 is 8.80 Å². The standard InChI is InChI=1S/C25H47N3O6Si2/c1-7-29-35(30-8-2,31-9-3)19-13-17-26-21-24-15-16-25(28-22-24)23-27-18-14-20-36(32-10-4,33-11-5)34-12-6/h15-16,21-23H,7-14,17-20H2,1-6H3/q-1. The zero-order valence-electron chi connectivity index (χ0n) is 23.2. The molecule has 36 heavy (non-hydrogen) atoms. The molecule has 0 radical (unpaired) electrons. The first-order chi connectivity index (χ1) is 17.5. The van der Waals surface area contributed by atoms with E-state index in [-0.39, 0.29) is 0 Å².